The van der Waals surface area contributed by atoms with Crippen LogP contribution in [0.5, 0.6) is 5.75 Å². The summed E-state index contributed by atoms with van der Waals surface area (Å²) in [6.07, 6.45) is 2.66. The smallest absolute Gasteiger partial charge is 0.137 e. The van der Waals surface area contributed by atoms with E-state index in [0.717, 1.165) is 41.6 Å². The van der Waals surface area contributed by atoms with Crippen molar-refractivity contribution in [1.82, 2.24) is 4.90 Å². The van der Waals surface area contributed by atoms with Crippen LogP contribution >= 0.6 is 11.6 Å². The van der Waals surface area contributed by atoms with Crippen LogP contribution in [-0.2, 0) is 6.42 Å². The first-order valence-electron chi connectivity index (χ1n) is 7.79. The van der Waals surface area contributed by atoms with Gasteiger partial charge >= 0.3 is 0 Å². The van der Waals surface area contributed by atoms with Crippen molar-refractivity contribution in [3.8, 4) is 5.75 Å². The van der Waals surface area contributed by atoms with Crippen molar-refractivity contribution >= 4 is 22.6 Å². The number of rotatable bonds is 1. The van der Waals surface area contributed by atoms with Crippen LogP contribution in [0.25, 0.3) is 11.0 Å². The number of fused-ring (bicyclic) bond motifs is 2. The summed E-state index contributed by atoms with van der Waals surface area (Å²) in [6, 6.07) is 11.9. The van der Waals surface area contributed by atoms with Gasteiger partial charge < -0.3 is 14.4 Å². The average Bonchev–Trinajstić information content (AvgIpc) is 2.96. The largest absolute Gasteiger partial charge is 0.506 e. The second-order valence-electron chi connectivity index (χ2n) is 6.25. The number of nitrogens with zero attached hydrogens (tertiary/aromatic N) is 1. The van der Waals surface area contributed by atoms with Crippen molar-refractivity contribution in [2.75, 3.05) is 20.1 Å². The van der Waals surface area contributed by atoms with Gasteiger partial charge in [-0.2, -0.15) is 0 Å². The monoisotopic (exact) mass is 327 g/mol. The zero-order valence-electron chi connectivity index (χ0n) is 12.9. The normalized spacial score (nSPS) is 18.8. The highest BCUT2D eigenvalue weighted by molar-refractivity contribution is 6.32. The minimum atomic E-state index is 0.145. The van der Waals surface area contributed by atoms with E-state index in [9.17, 15) is 5.11 Å². The molecule has 1 N–H and O–H groups in total. The fourth-order valence-electron chi connectivity index (χ4n) is 3.53. The Morgan fingerprint density at radius 1 is 1.22 bits per heavy atom. The van der Waals surface area contributed by atoms with Crippen molar-refractivity contribution in [1.29, 1.82) is 0 Å². The molecule has 4 rings (SSSR count). The summed E-state index contributed by atoms with van der Waals surface area (Å²) in [6.45, 7) is 1.85. The molecule has 1 aliphatic heterocycles. The summed E-state index contributed by atoms with van der Waals surface area (Å²) >= 11 is 6.12. The van der Waals surface area contributed by atoms with E-state index in [1.807, 2.05) is 18.2 Å². The maximum absolute atomic E-state index is 10.1. The molecule has 0 amide bonds. The number of benzene rings is 2. The van der Waals surface area contributed by atoms with Crippen LogP contribution < -0.4 is 0 Å². The second kappa shape index (κ2) is 5.59. The first-order valence-corrected chi connectivity index (χ1v) is 8.17. The Bertz CT molecular complexity index is 871. The van der Waals surface area contributed by atoms with E-state index < -0.39 is 0 Å². The molecule has 0 bridgehead atoms. The van der Waals surface area contributed by atoms with Crippen LogP contribution in [0.15, 0.2) is 47.1 Å². The van der Waals surface area contributed by atoms with Crippen molar-refractivity contribution in [2.24, 2.45) is 0 Å². The molecule has 3 aromatic rings. The summed E-state index contributed by atoms with van der Waals surface area (Å²) in [5, 5.41) is 11.6. The molecule has 0 aliphatic carbocycles. The quantitative estimate of drug-likeness (QED) is 0.719. The van der Waals surface area contributed by atoms with Gasteiger partial charge in [0, 0.05) is 30.0 Å². The molecule has 2 aromatic carbocycles. The number of furan rings is 1. The average molecular weight is 328 g/mol. The summed E-state index contributed by atoms with van der Waals surface area (Å²) < 4.78 is 5.74. The minimum Gasteiger partial charge on any atom is -0.506 e. The van der Waals surface area contributed by atoms with E-state index in [1.165, 1.54) is 5.56 Å². The van der Waals surface area contributed by atoms with Gasteiger partial charge in [-0.1, -0.05) is 29.8 Å². The molecule has 0 spiro atoms. The Labute approximate surface area is 140 Å². The Morgan fingerprint density at radius 2 is 2.09 bits per heavy atom. The molecular weight excluding hydrogens is 310 g/mol. The molecule has 0 radical (unpaired) electrons. The summed E-state index contributed by atoms with van der Waals surface area (Å²) in [5.74, 6) is 0.294. The molecule has 0 saturated heterocycles. The molecule has 4 heteroatoms. The third kappa shape index (κ3) is 2.50. The van der Waals surface area contributed by atoms with E-state index >= 15 is 0 Å². The number of hydrogen-bond donors (Lipinski definition) is 1. The number of para-hydroxylation sites is 1. The van der Waals surface area contributed by atoms with Gasteiger partial charge in [-0.25, -0.2) is 0 Å². The van der Waals surface area contributed by atoms with Crippen LogP contribution in [0.2, 0.25) is 5.02 Å². The molecular formula is C19H18ClNO2. The van der Waals surface area contributed by atoms with Crippen LogP contribution in [0.4, 0.5) is 0 Å². The second-order valence-corrected chi connectivity index (χ2v) is 6.66. The topological polar surface area (TPSA) is 36.6 Å². The number of halogens is 1. The van der Waals surface area contributed by atoms with Crippen molar-refractivity contribution in [3.05, 3.63) is 64.4 Å². The molecule has 118 valence electrons. The number of hydrogen-bond acceptors (Lipinski definition) is 3. The van der Waals surface area contributed by atoms with E-state index in [-0.39, 0.29) is 11.7 Å². The number of phenols is 1. The summed E-state index contributed by atoms with van der Waals surface area (Å²) in [7, 11) is 2.13. The number of phenolic OH excluding ortho intramolecular Hbond substituents is 1. The van der Waals surface area contributed by atoms with Crippen molar-refractivity contribution in [3.63, 3.8) is 0 Å². The zero-order chi connectivity index (χ0) is 16.0. The van der Waals surface area contributed by atoms with Gasteiger partial charge in [-0.05, 0) is 42.8 Å². The summed E-state index contributed by atoms with van der Waals surface area (Å²) in [4.78, 5) is 2.32. The highest BCUT2D eigenvalue weighted by atomic mass is 35.5. The molecule has 1 atom stereocenters. The third-order valence-electron chi connectivity index (χ3n) is 4.73. The van der Waals surface area contributed by atoms with Gasteiger partial charge in [0.15, 0.2) is 0 Å². The Kier molecular flexibility index (Phi) is 3.55. The highest BCUT2D eigenvalue weighted by Gasteiger charge is 2.26. The molecule has 2 heterocycles. The lowest BCUT2D eigenvalue weighted by atomic mass is 9.87. The Morgan fingerprint density at radius 3 is 2.96 bits per heavy atom. The predicted molar refractivity (Wildman–Crippen MR) is 92.4 cm³/mol. The zero-order valence-corrected chi connectivity index (χ0v) is 13.7. The third-order valence-corrected chi connectivity index (χ3v) is 5.03. The van der Waals surface area contributed by atoms with Gasteiger partial charge in [0.25, 0.3) is 0 Å². The standard InChI is InChI=1S/C19H18ClNO2/c1-21-7-5-13-9-17(20)18(22)10-15(13)16(11-21)14-4-2-3-12-6-8-23-19(12)14/h2-4,6,8-10,16,22H,5,7,11H2,1H3/t16-/m0/s1. The fraction of sp³-hybridized carbons (Fsp3) is 0.263. The van der Waals surface area contributed by atoms with E-state index in [0.29, 0.717) is 5.02 Å². The van der Waals surface area contributed by atoms with E-state index in [2.05, 4.69) is 30.1 Å². The molecule has 0 unspecified atom stereocenters. The first kappa shape index (κ1) is 14.6. The number of likely N-dealkylation sites (N-methyl/N-ethyl adjacent to an activating group) is 1. The van der Waals surface area contributed by atoms with Gasteiger partial charge in [-0.15, -0.1) is 0 Å². The maximum atomic E-state index is 10.1. The van der Waals surface area contributed by atoms with Gasteiger partial charge in [-0.3, -0.25) is 0 Å². The Hall–Kier alpha value is -1.97. The van der Waals surface area contributed by atoms with Crippen molar-refractivity contribution < 1.29 is 9.52 Å². The van der Waals surface area contributed by atoms with Gasteiger partial charge in [0.2, 0.25) is 0 Å². The Balaban J connectivity index is 1.93. The molecule has 3 nitrogen and oxygen atoms in total. The lowest BCUT2D eigenvalue weighted by Gasteiger charge is -2.22. The molecule has 1 aliphatic rings. The predicted octanol–water partition coefficient (Wildman–Crippen LogP) is 4.41. The highest BCUT2D eigenvalue weighted by Crippen LogP contribution is 2.39. The first-order chi connectivity index (χ1) is 11.1. The molecule has 0 saturated carbocycles. The maximum Gasteiger partial charge on any atom is 0.137 e. The summed E-state index contributed by atoms with van der Waals surface area (Å²) in [5.41, 5.74) is 4.42. The molecule has 0 fully saturated rings. The SMILES string of the molecule is CN1CCc2cc(Cl)c(O)cc2[C@H](c2cccc3ccoc23)C1. The minimum absolute atomic E-state index is 0.145. The van der Waals surface area contributed by atoms with Crippen LogP contribution in [0.1, 0.15) is 22.6 Å². The molecule has 1 aromatic heterocycles. The molecule has 23 heavy (non-hydrogen) atoms. The van der Waals surface area contributed by atoms with Crippen molar-refractivity contribution in [2.45, 2.75) is 12.3 Å². The van der Waals surface area contributed by atoms with E-state index in [4.69, 9.17) is 16.0 Å². The van der Waals surface area contributed by atoms with Crippen LogP contribution in [-0.4, -0.2) is 30.1 Å². The van der Waals surface area contributed by atoms with Crippen LogP contribution in [0, 0.1) is 0 Å². The lowest BCUT2D eigenvalue weighted by molar-refractivity contribution is 0.337. The lowest BCUT2D eigenvalue weighted by Crippen LogP contribution is -2.24. The fourth-order valence-corrected chi connectivity index (χ4v) is 3.72. The van der Waals surface area contributed by atoms with Gasteiger partial charge in [0.1, 0.15) is 11.3 Å². The van der Waals surface area contributed by atoms with Crippen LogP contribution in [0.3, 0.4) is 0 Å². The number of aromatic hydroxyl groups is 1. The van der Waals surface area contributed by atoms with E-state index in [1.54, 1.807) is 6.26 Å². The van der Waals surface area contributed by atoms with Gasteiger partial charge in [0.05, 0.1) is 11.3 Å².